The molecule has 0 bridgehead atoms. The highest BCUT2D eigenvalue weighted by Crippen LogP contribution is 2.32. The van der Waals surface area contributed by atoms with Gasteiger partial charge in [-0.2, -0.15) is 5.10 Å². The van der Waals surface area contributed by atoms with Crippen molar-refractivity contribution in [3.05, 3.63) is 53.6 Å². The number of fused-ring (bicyclic) bond motifs is 1. The SMILES string of the molecule is C/C(=N/NC(=O)Cc1ccc2c(c1)OCO2)c1ccc(O)cc1. The van der Waals surface area contributed by atoms with E-state index in [2.05, 4.69) is 10.5 Å². The predicted molar refractivity (Wildman–Crippen MR) is 84.7 cm³/mol. The van der Waals surface area contributed by atoms with Crippen LogP contribution in [0.15, 0.2) is 47.6 Å². The third kappa shape index (κ3) is 3.60. The van der Waals surface area contributed by atoms with E-state index in [9.17, 15) is 9.90 Å². The maximum absolute atomic E-state index is 12.0. The lowest BCUT2D eigenvalue weighted by atomic mass is 10.1. The molecule has 2 aromatic carbocycles. The number of hydrazone groups is 1. The Hall–Kier alpha value is -3.02. The largest absolute Gasteiger partial charge is 0.508 e. The molecular formula is C17H16N2O4. The Bertz CT molecular complexity index is 754. The van der Waals surface area contributed by atoms with Crippen LogP contribution in [0.5, 0.6) is 17.2 Å². The van der Waals surface area contributed by atoms with Crippen LogP contribution in [0.2, 0.25) is 0 Å². The van der Waals surface area contributed by atoms with Crippen molar-refractivity contribution in [1.29, 1.82) is 0 Å². The van der Waals surface area contributed by atoms with E-state index in [0.717, 1.165) is 11.1 Å². The average Bonchev–Trinajstić information content (AvgIpc) is 3.01. The molecule has 0 spiro atoms. The normalized spacial score (nSPS) is 13.0. The first-order chi connectivity index (χ1) is 11.1. The second-order valence-corrected chi connectivity index (χ2v) is 5.14. The summed E-state index contributed by atoms with van der Waals surface area (Å²) in [6.07, 6.45) is 0.197. The Labute approximate surface area is 133 Å². The molecule has 3 rings (SSSR count). The molecule has 2 N–H and O–H groups in total. The molecule has 0 radical (unpaired) electrons. The van der Waals surface area contributed by atoms with Crippen LogP contribution in [0.3, 0.4) is 0 Å². The number of aromatic hydroxyl groups is 1. The molecule has 0 fully saturated rings. The fourth-order valence-corrected chi connectivity index (χ4v) is 2.19. The summed E-state index contributed by atoms with van der Waals surface area (Å²) in [5.41, 5.74) is 4.83. The summed E-state index contributed by atoms with van der Waals surface area (Å²) in [6, 6.07) is 12.0. The molecule has 0 saturated carbocycles. The standard InChI is InChI=1S/C17H16N2O4/c1-11(13-3-5-14(20)6-4-13)18-19-17(21)9-12-2-7-15-16(8-12)23-10-22-15/h2-8,20H,9-10H2,1H3,(H,19,21)/b18-11-. The van der Waals surface area contributed by atoms with Gasteiger partial charge < -0.3 is 14.6 Å². The van der Waals surface area contributed by atoms with Gasteiger partial charge in [-0.15, -0.1) is 0 Å². The van der Waals surface area contributed by atoms with Crippen molar-refractivity contribution in [2.24, 2.45) is 5.10 Å². The molecular weight excluding hydrogens is 296 g/mol. The molecule has 0 unspecified atom stereocenters. The Morgan fingerprint density at radius 3 is 2.70 bits per heavy atom. The van der Waals surface area contributed by atoms with Crippen molar-refractivity contribution < 1.29 is 19.4 Å². The number of carbonyl (C=O) groups excluding carboxylic acids is 1. The zero-order valence-corrected chi connectivity index (χ0v) is 12.6. The molecule has 1 aliphatic rings. The van der Waals surface area contributed by atoms with Crippen LogP contribution in [-0.4, -0.2) is 23.5 Å². The van der Waals surface area contributed by atoms with Gasteiger partial charge in [0, 0.05) is 0 Å². The van der Waals surface area contributed by atoms with E-state index < -0.39 is 0 Å². The van der Waals surface area contributed by atoms with Gasteiger partial charge in [0.2, 0.25) is 12.7 Å². The first-order valence-corrected chi connectivity index (χ1v) is 7.13. The predicted octanol–water partition coefficient (Wildman–Crippen LogP) is 2.20. The van der Waals surface area contributed by atoms with E-state index >= 15 is 0 Å². The fraction of sp³-hybridized carbons (Fsp3) is 0.176. The molecule has 0 saturated heterocycles. The van der Waals surface area contributed by atoms with E-state index in [1.54, 1.807) is 43.3 Å². The lowest BCUT2D eigenvalue weighted by Gasteiger charge is -2.04. The second-order valence-electron chi connectivity index (χ2n) is 5.14. The smallest absolute Gasteiger partial charge is 0.244 e. The van der Waals surface area contributed by atoms with Crippen molar-refractivity contribution in [2.75, 3.05) is 6.79 Å². The maximum Gasteiger partial charge on any atom is 0.244 e. The molecule has 23 heavy (non-hydrogen) atoms. The number of benzene rings is 2. The third-order valence-electron chi connectivity index (χ3n) is 3.44. The van der Waals surface area contributed by atoms with Crippen LogP contribution in [0.1, 0.15) is 18.1 Å². The lowest BCUT2D eigenvalue weighted by molar-refractivity contribution is -0.120. The summed E-state index contributed by atoms with van der Waals surface area (Å²) in [5, 5.41) is 13.3. The number of nitrogens with one attached hydrogen (secondary N) is 1. The van der Waals surface area contributed by atoms with E-state index in [4.69, 9.17) is 9.47 Å². The van der Waals surface area contributed by atoms with Gasteiger partial charge in [0.05, 0.1) is 12.1 Å². The second kappa shape index (κ2) is 6.39. The van der Waals surface area contributed by atoms with E-state index in [-0.39, 0.29) is 24.9 Å². The highest BCUT2D eigenvalue weighted by Gasteiger charge is 2.14. The van der Waals surface area contributed by atoms with Gasteiger partial charge in [-0.1, -0.05) is 6.07 Å². The molecule has 0 atom stereocenters. The topological polar surface area (TPSA) is 80.2 Å². The Kier molecular flexibility index (Phi) is 4.14. The van der Waals surface area contributed by atoms with Crippen molar-refractivity contribution >= 4 is 11.6 Å². The highest BCUT2D eigenvalue weighted by atomic mass is 16.7. The molecule has 6 heteroatoms. The van der Waals surface area contributed by atoms with Crippen molar-refractivity contribution in [1.82, 2.24) is 5.43 Å². The summed E-state index contributed by atoms with van der Waals surface area (Å²) >= 11 is 0. The van der Waals surface area contributed by atoms with Crippen LogP contribution in [-0.2, 0) is 11.2 Å². The monoisotopic (exact) mass is 312 g/mol. The highest BCUT2D eigenvalue weighted by molar-refractivity contribution is 5.99. The molecule has 118 valence electrons. The molecule has 1 aliphatic heterocycles. The van der Waals surface area contributed by atoms with Gasteiger partial charge in [-0.3, -0.25) is 4.79 Å². The van der Waals surface area contributed by atoms with Gasteiger partial charge >= 0.3 is 0 Å². The minimum Gasteiger partial charge on any atom is -0.508 e. The van der Waals surface area contributed by atoms with Gasteiger partial charge in [-0.05, 0) is 54.4 Å². The summed E-state index contributed by atoms with van der Waals surface area (Å²) in [7, 11) is 0. The van der Waals surface area contributed by atoms with Crippen LogP contribution in [0.25, 0.3) is 0 Å². The Morgan fingerprint density at radius 2 is 1.91 bits per heavy atom. The average molecular weight is 312 g/mol. The van der Waals surface area contributed by atoms with Crippen LogP contribution in [0.4, 0.5) is 0 Å². The van der Waals surface area contributed by atoms with Crippen molar-refractivity contribution in [2.45, 2.75) is 13.3 Å². The number of nitrogens with zero attached hydrogens (tertiary/aromatic N) is 1. The molecule has 2 aromatic rings. The van der Waals surface area contributed by atoms with Gasteiger partial charge in [0.1, 0.15) is 5.75 Å². The summed E-state index contributed by atoms with van der Waals surface area (Å²) in [4.78, 5) is 12.0. The molecule has 1 heterocycles. The van der Waals surface area contributed by atoms with Gasteiger partial charge in [-0.25, -0.2) is 5.43 Å². The first kappa shape index (κ1) is 14.9. The molecule has 0 aliphatic carbocycles. The number of hydrogen-bond acceptors (Lipinski definition) is 5. The number of ether oxygens (including phenoxy) is 2. The molecule has 6 nitrogen and oxygen atoms in total. The Balaban J connectivity index is 1.61. The number of hydrogen-bond donors (Lipinski definition) is 2. The number of phenols is 1. The molecule has 0 aromatic heterocycles. The quantitative estimate of drug-likeness (QED) is 0.670. The maximum atomic E-state index is 12.0. The van der Waals surface area contributed by atoms with Crippen molar-refractivity contribution in [3.63, 3.8) is 0 Å². The van der Waals surface area contributed by atoms with Crippen molar-refractivity contribution in [3.8, 4) is 17.2 Å². The lowest BCUT2D eigenvalue weighted by Crippen LogP contribution is -2.21. The minimum atomic E-state index is -0.220. The number of phenolic OH excluding ortho intramolecular Hbond substituents is 1. The summed E-state index contributed by atoms with van der Waals surface area (Å²) in [6.45, 7) is 1.99. The minimum absolute atomic E-state index is 0.188. The summed E-state index contributed by atoms with van der Waals surface area (Å²) < 4.78 is 10.5. The summed E-state index contributed by atoms with van der Waals surface area (Å²) in [5.74, 6) is 1.31. The van der Waals surface area contributed by atoms with Crippen LogP contribution >= 0.6 is 0 Å². The third-order valence-corrected chi connectivity index (χ3v) is 3.44. The fourth-order valence-electron chi connectivity index (χ4n) is 2.19. The van der Waals surface area contributed by atoms with E-state index in [0.29, 0.717) is 17.2 Å². The Morgan fingerprint density at radius 1 is 1.17 bits per heavy atom. The van der Waals surface area contributed by atoms with E-state index in [1.165, 1.54) is 0 Å². The molecule has 1 amide bonds. The first-order valence-electron chi connectivity index (χ1n) is 7.13. The van der Waals surface area contributed by atoms with Crippen LogP contribution < -0.4 is 14.9 Å². The number of amides is 1. The zero-order valence-electron chi connectivity index (χ0n) is 12.6. The zero-order chi connectivity index (χ0) is 16.2. The van der Waals surface area contributed by atoms with Gasteiger partial charge in [0.15, 0.2) is 11.5 Å². The van der Waals surface area contributed by atoms with E-state index in [1.807, 2.05) is 6.07 Å². The number of carbonyl (C=O) groups is 1. The van der Waals surface area contributed by atoms with Gasteiger partial charge in [0.25, 0.3) is 0 Å². The number of rotatable bonds is 4. The van der Waals surface area contributed by atoms with Crippen LogP contribution in [0, 0.1) is 0 Å².